The van der Waals surface area contributed by atoms with Crippen LogP contribution in [-0.4, -0.2) is 42.2 Å². The highest BCUT2D eigenvalue weighted by molar-refractivity contribution is 7.99. The molecule has 2 rings (SSSR count). The number of aromatic nitrogens is 1. The van der Waals surface area contributed by atoms with Crippen LogP contribution in [0.3, 0.4) is 0 Å². The molecule has 22 heavy (non-hydrogen) atoms. The highest BCUT2D eigenvalue weighted by Crippen LogP contribution is 2.15. The van der Waals surface area contributed by atoms with E-state index in [1.807, 2.05) is 18.8 Å². The van der Waals surface area contributed by atoms with E-state index in [0.29, 0.717) is 5.25 Å². The maximum Gasteiger partial charge on any atom is 0.191 e. The van der Waals surface area contributed by atoms with Crippen LogP contribution in [0.15, 0.2) is 41.5 Å². The molecule has 4 nitrogen and oxygen atoms in total. The standard InChI is InChI=1S/C17H26N4S/c1-14(22-3)13-20-17(18-2)19-10-6-11-21-12-9-15-7-4-5-8-16(15)21/h4-5,7-9,12,14H,6,10-11,13H2,1-3H3,(H2,18,19,20). The minimum Gasteiger partial charge on any atom is -0.356 e. The van der Waals surface area contributed by atoms with Gasteiger partial charge in [0.1, 0.15) is 0 Å². The average Bonchev–Trinajstić information content (AvgIpc) is 2.97. The number of para-hydroxylation sites is 1. The number of hydrogen-bond acceptors (Lipinski definition) is 2. The van der Waals surface area contributed by atoms with E-state index in [2.05, 4.69) is 69.9 Å². The zero-order valence-corrected chi connectivity index (χ0v) is 14.5. The first kappa shape index (κ1) is 16.7. The first-order valence-electron chi connectivity index (χ1n) is 7.75. The second kappa shape index (κ2) is 8.73. The lowest BCUT2D eigenvalue weighted by atomic mass is 10.2. The number of nitrogens with zero attached hydrogens (tertiary/aromatic N) is 2. The van der Waals surface area contributed by atoms with Crippen molar-refractivity contribution in [1.82, 2.24) is 15.2 Å². The van der Waals surface area contributed by atoms with Crippen molar-refractivity contribution >= 4 is 28.6 Å². The Bertz CT molecular complexity index is 605. The molecule has 1 atom stereocenters. The normalized spacial score (nSPS) is 13.3. The van der Waals surface area contributed by atoms with Gasteiger partial charge in [-0.1, -0.05) is 25.1 Å². The van der Waals surface area contributed by atoms with Gasteiger partial charge >= 0.3 is 0 Å². The molecule has 5 heteroatoms. The zero-order valence-electron chi connectivity index (χ0n) is 13.7. The maximum atomic E-state index is 4.26. The fourth-order valence-corrected chi connectivity index (χ4v) is 2.59. The van der Waals surface area contributed by atoms with Crippen molar-refractivity contribution in [2.75, 3.05) is 26.4 Å². The number of rotatable bonds is 7. The molecule has 0 bridgehead atoms. The van der Waals surface area contributed by atoms with Crippen LogP contribution in [-0.2, 0) is 6.54 Å². The van der Waals surface area contributed by atoms with Crippen LogP contribution in [0.5, 0.6) is 0 Å². The molecule has 0 saturated heterocycles. The van der Waals surface area contributed by atoms with Crippen molar-refractivity contribution < 1.29 is 0 Å². The Morgan fingerprint density at radius 3 is 2.86 bits per heavy atom. The molecule has 0 fully saturated rings. The predicted molar refractivity (Wildman–Crippen MR) is 98.9 cm³/mol. The summed E-state index contributed by atoms with van der Waals surface area (Å²) in [6, 6.07) is 10.7. The summed E-state index contributed by atoms with van der Waals surface area (Å²) < 4.78 is 2.31. The maximum absolute atomic E-state index is 4.26. The number of fused-ring (bicyclic) bond motifs is 1. The minimum atomic E-state index is 0.588. The largest absolute Gasteiger partial charge is 0.356 e. The average molecular weight is 318 g/mol. The second-order valence-electron chi connectivity index (χ2n) is 5.35. The Morgan fingerprint density at radius 1 is 1.27 bits per heavy atom. The fourth-order valence-electron chi connectivity index (χ4n) is 2.34. The third-order valence-electron chi connectivity index (χ3n) is 3.73. The number of thioether (sulfide) groups is 1. The van der Waals surface area contributed by atoms with Gasteiger partial charge in [0, 0.05) is 43.6 Å². The molecule has 0 radical (unpaired) electrons. The van der Waals surface area contributed by atoms with Crippen LogP contribution in [0.4, 0.5) is 0 Å². The molecule has 1 aromatic heterocycles. The van der Waals surface area contributed by atoms with Gasteiger partial charge in [-0.15, -0.1) is 0 Å². The van der Waals surface area contributed by atoms with Crippen LogP contribution in [0.1, 0.15) is 13.3 Å². The van der Waals surface area contributed by atoms with Crippen LogP contribution in [0.25, 0.3) is 10.9 Å². The van der Waals surface area contributed by atoms with Gasteiger partial charge in [0.25, 0.3) is 0 Å². The van der Waals surface area contributed by atoms with Gasteiger partial charge in [-0.05, 0) is 30.2 Å². The third-order valence-corrected chi connectivity index (χ3v) is 4.70. The van der Waals surface area contributed by atoms with Crippen LogP contribution < -0.4 is 10.6 Å². The molecular formula is C17H26N4S. The highest BCUT2D eigenvalue weighted by atomic mass is 32.2. The van der Waals surface area contributed by atoms with Gasteiger partial charge in [-0.3, -0.25) is 4.99 Å². The molecule has 0 amide bonds. The van der Waals surface area contributed by atoms with E-state index in [9.17, 15) is 0 Å². The quantitative estimate of drug-likeness (QED) is 0.468. The minimum absolute atomic E-state index is 0.588. The molecule has 0 aliphatic rings. The first-order valence-corrected chi connectivity index (χ1v) is 9.04. The van der Waals surface area contributed by atoms with E-state index in [0.717, 1.165) is 32.0 Å². The fraction of sp³-hybridized carbons (Fsp3) is 0.471. The summed E-state index contributed by atoms with van der Waals surface area (Å²) in [6.07, 6.45) is 5.36. The second-order valence-corrected chi connectivity index (χ2v) is 6.62. The van der Waals surface area contributed by atoms with Gasteiger partial charge in [0.15, 0.2) is 5.96 Å². The van der Waals surface area contributed by atoms with E-state index in [1.165, 1.54) is 10.9 Å². The molecule has 2 N–H and O–H groups in total. The number of aryl methyl sites for hydroxylation is 1. The summed E-state index contributed by atoms with van der Waals surface area (Å²) in [4.78, 5) is 4.26. The molecule has 2 aromatic rings. The summed E-state index contributed by atoms with van der Waals surface area (Å²) in [5, 5.41) is 8.62. The lowest BCUT2D eigenvalue weighted by Gasteiger charge is -2.14. The first-order chi connectivity index (χ1) is 10.7. The molecule has 0 aliphatic heterocycles. The Labute approximate surface area is 137 Å². The van der Waals surface area contributed by atoms with E-state index in [4.69, 9.17) is 0 Å². The lowest BCUT2D eigenvalue weighted by Crippen LogP contribution is -2.40. The van der Waals surface area contributed by atoms with E-state index >= 15 is 0 Å². The lowest BCUT2D eigenvalue weighted by molar-refractivity contribution is 0.640. The predicted octanol–water partition coefficient (Wildman–Crippen LogP) is 2.95. The Kier molecular flexibility index (Phi) is 6.65. The Morgan fingerprint density at radius 2 is 2.09 bits per heavy atom. The van der Waals surface area contributed by atoms with Crippen molar-refractivity contribution in [2.45, 2.75) is 25.1 Å². The molecule has 0 aliphatic carbocycles. The summed E-state index contributed by atoms with van der Waals surface area (Å²) in [5.41, 5.74) is 1.30. The number of hydrogen-bond donors (Lipinski definition) is 2. The summed E-state index contributed by atoms with van der Waals surface area (Å²) in [6.45, 7) is 5.07. The number of aliphatic imine (C=N–C) groups is 1. The number of nitrogens with one attached hydrogen (secondary N) is 2. The number of guanidine groups is 1. The van der Waals surface area contributed by atoms with Gasteiger partial charge in [0.2, 0.25) is 0 Å². The van der Waals surface area contributed by atoms with Crippen molar-refractivity contribution in [3.8, 4) is 0 Å². The monoisotopic (exact) mass is 318 g/mol. The highest BCUT2D eigenvalue weighted by Gasteiger charge is 2.02. The topological polar surface area (TPSA) is 41.4 Å². The van der Waals surface area contributed by atoms with Crippen molar-refractivity contribution in [3.63, 3.8) is 0 Å². The van der Waals surface area contributed by atoms with Gasteiger partial charge < -0.3 is 15.2 Å². The Hall–Kier alpha value is -1.62. The van der Waals surface area contributed by atoms with E-state index in [1.54, 1.807) is 0 Å². The van der Waals surface area contributed by atoms with Gasteiger partial charge in [-0.25, -0.2) is 0 Å². The van der Waals surface area contributed by atoms with Crippen LogP contribution >= 0.6 is 11.8 Å². The molecule has 120 valence electrons. The van der Waals surface area contributed by atoms with Crippen LogP contribution in [0.2, 0.25) is 0 Å². The molecular weight excluding hydrogens is 292 g/mol. The van der Waals surface area contributed by atoms with Gasteiger partial charge in [0.05, 0.1) is 0 Å². The summed E-state index contributed by atoms with van der Waals surface area (Å²) in [7, 11) is 1.82. The molecule has 1 unspecified atom stereocenters. The number of benzene rings is 1. The van der Waals surface area contributed by atoms with Crippen molar-refractivity contribution in [3.05, 3.63) is 36.5 Å². The van der Waals surface area contributed by atoms with Crippen molar-refractivity contribution in [1.29, 1.82) is 0 Å². The molecule has 1 aromatic carbocycles. The summed E-state index contributed by atoms with van der Waals surface area (Å²) >= 11 is 1.86. The Balaban J connectivity index is 1.74. The summed E-state index contributed by atoms with van der Waals surface area (Å²) in [5.74, 6) is 0.887. The SMILES string of the molecule is CN=C(NCCCn1ccc2ccccc21)NCC(C)SC. The molecule has 0 spiro atoms. The zero-order chi connectivity index (χ0) is 15.8. The third kappa shape index (κ3) is 4.70. The smallest absolute Gasteiger partial charge is 0.191 e. The molecule has 0 saturated carbocycles. The van der Waals surface area contributed by atoms with E-state index < -0.39 is 0 Å². The molecule has 1 heterocycles. The van der Waals surface area contributed by atoms with Crippen molar-refractivity contribution in [2.24, 2.45) is 4.99 Å². The van der Waals surface area contributed by atoms with Gasteiger partial charge in [-0.2, -0.15) is 11.8 Å². The van der Waals surface area contributed by atoms with E-state index in [-0.39, 0.29) is 0 Å². The van der Waals surface area contributed by atoms with Crippen LogP contribution in [0, 0.1) is 0 Å².